The molecule has 76 valence electrons. The van der Waals surface area contributed by atoms with Gasteiger partial charge in [0.1, 0.15) is 5.82 Å². The minimum Gasteiger partial charge on any atom is -0.352 e. The fraction of sp³-hybridized carbons (Fsp3) is 0.250. The van der Waals surface area contributed by atoms with Gasteiger partial charge >= 0.3 is 0 Å². The van der Waals surface area contributed by atoms with Crippen LogP contribution in [0.15, 0.2) is 12.1 Å². The quantitative estimate of drug-likeness (QED) is 0.701. The zero-order valence-electron chi connectivity index (χ0n) is 8.36. The summed E-state index contributed by atoms with van der Waals surface area (Å²) in [4.78, 5) is 14.6. The zero-order valence-corrected chi connectivity index (χ0v) is 8.36. The van der Waals surface area contributed by atoms with Crippen LogP contribution in [0.1, 0.15) is 28.0 Å². The van der Waals surface area contributed by atoms with E-state index in [0.717, 1.165) is 28.5 Å². The maximum atomic E-state index is 13.2. The molecule has 1 heterocycles. The van der Waals surface area contributed by atoms with E-state index in [1.54, 1.807) is 0 Å². The minimum atomic E-state index is -0.235. The highest BCUT2D eigenvalue weighted by Crippen LogP contribution is 2.31. The summed E-state index contributed by atoms with van der Waals surface area (Å²) >= 11 is 0. The van der Waals surface area contributed by atoms with Crippen molar-refractivity contribution >= 4 is 16.7 Å². The second kappa shape index (κ2) is 2.69. The summed E-state index contributed by atoms with van der Waals surface area (Å²) in [7, 11) is 0. The van der Waals surface area contributed by atoms with Crippen LogP contribution < -0.4 is 0 Å². The van der Waals surface area contributed by atoms with Gasteiger partial charge in [-0.05, 0) is 36.6 Å². The fourth-order valence-corrected chi connectivity index (χ4v) is 2.34. The van der Waals surface area contributed by atoms with E-state index in [2.05, 4.69) is 4.98 Å². The normalized spacial score (nSPS) is 14.9. The highest BCUT2D eigenvalue weighted by atomic mass is 19.1. The van der Waals surface area contributed by atoms with Crippen molar-refractivity contribution in [2.45, 2.75) is 19.8 Å². The Labute approximate surface area is 86.1 Å². The zero-order chi connectivity index (χ0) is 10.6. The first kappa shape index (κ1) is 8.65. The van der Waals surface area contributed by atoms with Crippen LogP contribution in [0.4, 0.5) is 4.39 Å². The van der Waals surface area contributed by atoms with Gasteiger partial charge in [0.2, 0.25) is 0 Å². The van der Waals surface area contributed by atoms with Gasteiger partial charge in [-0.1, -0.05) is 0 Å². The number of H-pyrrole nitrogens is 1. The molecule has 0 bridgehead atoms. The Kier molecular flexibility index (Phi) is 1.55. The Morgan fingerprint density at radius 2 is 2.13 bits per heavy atom. The van der Waals surface area contributed by atoms with Crippen molar-refractivity contribution in [1.82, 2.24) is 4.98 Å². The lowest BCUT2D eigenvalue weighted by Crippen LogP contribution is -1.91. The number of Topliss-reactive ketones (excluding diaryl/α,β-unsaturated/α-hetero) is 1. The number of rotatable bonds is 0. The third-order valence-corrected chi connectivity index (χ3v) is 3.06. The number of hydrogen-bond acceptors (Lipinski definition) is 1. The first-order chi connectivity index (χ1) is 7.16. The van der Waals surface area contributed by atoms with Gasteiger partial charge in [0, 0.05) is 17.3 Å². The maximum absolute atomic E-state index is 13.2. The van der Waals surface area contributed by atoms with Crippen LogP contribution >= 0.6 is 0 Å². The van der Waals surface area contributed by atoms with E-state index in [1.807, 2.05) is 6.92 Å². The van der Waals surface area contributed by atoms with Crippen LogP contribution in [0, 0.1) is 12.7 Å². The van der Waals surface area contributed by atoms with Gasteiger partial charge in [0.05, 0.1) is 5.69 Å². The van der Waals surface area contributed by atoms with Gasteiger partial charge in [-0.15, -0.1) is 0 Å². The smallest absolute Gasteiger partial charge is 0.179 e. The molecule has 0 atom stereocenters. The summed E-state index contributed by atoms with van der Waals surface area (Å²) in [5, 5.41) is 0.869. The number of halogens is 1. The lowest BCUT2D eigenvalue weighted by Gasteiger charge is -1.98. The standard InChI is InChI=1S/C12H10FNO/c1-6-4-7(13)5-9-8-2-3-10(15)12(8)14-11(6)9/h4-5,14H,2-3H2,1H3. The van der Waals surface area contributed by atoms with Gasteiger partial charge < -0.3 is 4.98 Å². The van der Waals surface area contributed by atoms with E-state index < -0.39 is 0 Å². The molecular formula is C12H10FNO. The van der Waals surface area contributed by atoms with Gasteiger partial charge in [-0.3, -0.25) is 4.79 Å². The Bertz CT molecular complexity index is 583. The Hall–Kier alpha value is -1.64. The third-order valence-electron chi connectivity index (χ3n) is 3.06. The Balaban J connectivity index is 2.44. The van der Waals surface area contributed by atoms with Crippen LogP contribution in [0.2, 0.25) is 0 Å². The largest absolute Gasteiger partial charge is 0.352 e. The molecule has 0 spiro atoms. The average Bonchev–Trinajstić information content (AvgIpc) is 2.68. The maximum Gasteiger partial charge on any atom is 0.179 e. The van der Waals surface area contributed by atoms with Gasteiger partial charge in [-0.25, -0.2) is 4.39 Å². The molecule has 15 heavy (non-hydrogen) atoms. The predicted molar refractivity (Wildman–Crippen MR) is 55.6 cm³/mol. The van der Waals surface area contributed by atoms with E-state index >= 15 is 0 Å². The predicted octanol–water partition coefficient (Wildman–Crippen LogP) is 2.74. The molecule has 0 radical (unpaired) electrons. The van der Waals surface area contributed by atoms with Gasteiger partial charge in [0.25, 0.3) is 0 Å². The molecule has 0 amide bonds. The topological polar surface area (TPSA) is 32.9 Å². The van der Waals surface area contributed by atoms with Crippen LogP contribution in [0.3, 0.4) is 0 Å². The number of benzene rings is 1. The number of hydrogen-bond donors (Lipinski definition) is 1. The Morgan fingerprint density at radius 3 is 2.93 bits per heavy atom. The van der Waals surface area contributed by atoms with E-state index in [1.165, 1.54) is 12.1 Å². The van der Waals surface area contributed by atoms with Crippen molar-refractivity contribution in [3.63, 3.8) is 0 Å². The highest BCUT2D eigenvalue weighted by Gasteiger charge is 2.24. The summed E-state index contributed by atoms with van der Waals surface area (Å²) in [5.41, 5.74) is 3.41. The number of carbonyl (C=O) groups excluding carboxylic acids is 1. The minimum absolute atomic E-state index is 0.140. The molecule has 0 fully saturated rings. The summed E-state index contributed by atoms with van der Waals surface area (Å²) in [6.45, 7) is 1.85. The molecule has 0 saturated heterocycles. The van der Waals surface area contributed by atoms with Crippen LogP contribution in [0.5, 0.6) is 0 Å². The molecule has 3 heteroatoms. The number of aromatic nitrogens is 1. The number of aromatic amines is 1. The molecule has 2 aromatic rings. The molecule has 0 unspecified atom stereocenters. The molecule has 1 aliphatic carbocycles. The van der Waals surface area contributed by atoms with E-state index in [4.69, 9.17) is 0 Å². The summed E-state index contributed by atoms with van der Waals surface area (Å²) in [6, 6.07) is 2.99. The summed E-state index contributed by atoms with van der Waals surface area (Å²) in [6.07, 6.45) is 1.28. The molecular weight excluding hydrogens is 193 g/mol. The van der Waals surface area contributed by atoms with Crippen molar-refractivity contribution in [2.24, 2.45) is 0 Å². The highest BCUT2D eigenvalue weighted by molar-refractivity contribution is 6.05. The van der Waals surface area contributed by atoms with E-state index in [0.29, 0.717) is 12.1 Å². The van der Waals surface area contributed by atoms with E-state index in [9.17, 15) is 9.18 Å². The number of nitrogens with one attached hydrogen (secondary N) is 1. The molecule has 0 saturated carbocycles. The van der Waals surface area contributed by atoms with Crippen molar-refractivity contribution in [3.05, 3.63) is 34.8 Å². The summed E-state index contributed by atoms with van der Waals surface area (Å²) < 4.78 is 13.2. The first-order valence-corrected chi connectivity index (χ1v) is 5.00. The SMILES string of the molecule is Cc1cc(F)cc2c3c([nH]c12)C(=O)CC3. The van der Waals surface area contributed by atoms with Gasteiger partial charge in [0.15, 0.2) is 5.78 Å². The molecule has 1 aliphatic rings. The fourth-order valence-electron chi connectivity index (χ4n) is 2.34. The number of carbonyl (C=O) groups is 1. The van der Waals surface area contributed by atoms with Crippen molar-refractivity contribution in [1.29, 1.82) is 0 Å². The molecule has 3 rings (SSSR count). The molecule has 0 aliphatic heterocycles. The second-order valence-electron chi connectivity index (χ2n) is 4.05. The monoisotopic (exact) mass is 203 g/mol. The number of aryl methyl sites for hydroxylation is 2. The molecule has 1 aromatic carbocycles. The molecule has 1 aromatic heterocycles. The van der Waals surface area contributed by atoms with Crippen LogP contribution in [-0.2, 0) is 6.42 Å². The number of ketones is 1. The van der Waals surface area contributed by atoms with Crippen LogP contribution in [-0.4, -0.2) is 10.8 Å². The van der Waals surface area contributed by atoms with Crippen LogP contribution in [0.25, 0.3) is 10.9 Å². The molecule has 2 nitrogen and oxygen atoms in total. The first-order valence-electron chi connectivity index (χ1n) is 5.00. The van der Waals surface area contributed by atoms with E-state index in [-0.39, 0.29) is 11.6 Å². The van der Waals surface area contributed by atoms with Gasteiger partial charge in [-0.2, -0.15) is 0 Å². The Morgan fingerprint density at radius 1 is 1.33 bits per heavy atom. The number of fused-ring (bicyclic) bond motifs is 3. The van der Waals surface area contributed by atoms with Crippen molar-refractivity contribution < 1.29 is 9.18 Å². The molecule has 1 N–H and O–H groups in total. The van der Waals surface area contributed by atoms with Crippen molar-refractivity contribution in [2.75, 3.05) is 0 Å². The van der Waals surface area contributed by atoms with Crippen molar-refractivity contribution in [3.8, 4) is 0 Å². The lowest BCUT2D eigenvalue weighted by molar-refractivity contribution is 0.0991. The average molecular weight is 203 g/mol. The third kappa shape index (κ3) is 1.06. The lowest BCUT2D eigenvalue weighted by atomic mass is 10.1. The summed E-state index contributed by atoms with van der Waals surface area (Å²) in [5.74, 6) is -0.0952. The second-order valence-corrected chi connectivity index (χ2v) is 4.05.